The molecule has 2 amide bonds. The summed E-state index contributed by atoms with van der Waals surface area (Å²) >= 11 is 4.84. The van der Waals surface area contributed by atoms with E-state index in [1.165, 1.54) is 0 Å². The highest BCUT2D eigenvalue weighted by Gasteiger charge is 2.20. The van der Waals surface area contributed by atoms with Crippen molar-refractivity contribution in [1.82, 2.24) is 15.1 Å². The maximum atomic E-state index is 11.5. The van der Waals surface area contributed by atoms with Gasteiger partial charge in [0.15, 0.2) is 0 Å². The van der Waals surface area contributed by atoms with Gasteiger partial charge >= 0.3 is 6.03 Å². The third kappa shape index (κ3) is 4.01. The largest absolute Gasteiger partial charge is 0.392 e. The summed E-state index contributed by atoms with van der Waals surface area (Å²) in [6.07, 6.45) is 0. The number of piperazine rings is 1. The fourth-order valence-corrected chi connectivity index (χ4v) is 1.78. The molecule has 0 aromatic heterocycles. The summed E-state index contributed by atoms with van der Waals surface area (Å²) in [5, 5.41) is 2.79. The van der Waals surface area contributed by atoms with Crippen LogP contribution in [-0.2, 0) is 0 Å². The first-order valence-electron chi connectivity index (χ1n) is 5.17. The van der Waals surface area contributed by atoms with Crippen molar-refractivity contribution in [3.63, 3.8) is 0 Å². The molecule has 0 radical (unpaired) electrons. The van der Waals surface area contributed by atoms with Crippen LogP contribution < -0.4 is 11.1 Å². The summed E-state index contributed by atoms with van der Waals surface area (Å²) in [6.45, 7) is 6.41. The molecule has 86 valence electrons. The Balaban J connectivity index is 2.29. The van der Waals surface area contributed by atoms with E-state index in [0.717, 1.165) is 26.2 Å². The van der Waals surface area contributed by atoms with Crippen LogP contribution in [0.5, 0.6) is 0 Å². The lowest BCUT2D eigenvalue weighted by Crippen LogP contribution is -2.52. The molecule has 1 aliphatic rings. The summed E-state index contributed by atoms with van der Waals surface area (Å²) in [5.74, 6) is 0. The zero-order chi connectivity index (χ0) is 11.3. The quantitative estimate of drug-likeness (QED) is 0.649. The lowest BCUT2D eigenvalue weighted by Gasteiger charge is -2.34. The normalized spacial score (nSPS) is 17.5. The Kier molecular flexibility index (Phi) is 4.77. The predicted octanol–water partition coefficient (Wildman–Crippen LogP) is -0.380. The van der Waals surface area contributed by atoms with Crippen molar-refractivity contribution in [1.29, 1.82) is 0 Å². The average molecular weight is 230 g/mol. The van der Waals surface area contributed by atoms with E-state index < -0.39 is 0 Å². The van der Waals surface area contributed by atoms with Gasteiger partial charge in [-0.15, -0.1) is 0 Å². The Bertz CT molecular complexity index is 238. The van der Waals surface area contributed by atoms with Crippen molar-refractivity contribution in [2.45, 2.75) is 6.92 Å². The van der Waals surface area contributed by atoms with E-state index in [1.807, 2.05) is 11.8 Å². The van der Waals surface area contributed by atoms with E-state index in [1.54, 1.807) is 0 Å². The molecule has 1 aliphatic heterocycles. The highest BCUT2D eigenvalue weighted by atomic mass is 32.1. The number of carbonyl (C=O) groups excluding carboxylic acids is 1. The Morgan fingerprint density at radius 3 is 2.47 bits per heavy atom. The van der Waals surface area contributed by atoms with Gasteiger partial charge in [-0.25, -0.2) is 4.79 Å². The van der Waals surface area contributed by atoms with Crippen molar-refractivity contribution < 1.29 is 4.79 Å². The standard InChI is InChI=1S/C9H18N4OS/c1-2-11-9(14)13-5-3-12(4-6-13)7-8(10)15/h2-7H2,1H3,(H2,10,15)(H,11,14). The molecule has 0 saturated carbocycles. The zero-order valence-corrected chi connectivity index (χ0v) is 9.85. The minimum absolute atomic E-state index is 0.0208. The van der Waals surface area contributed by atoms with Crippen LogP contribution in [0.2, 0.25) is 0 Å². The Morgan fingerprint density at radius 1 is 1.40 bits per heavy atom. The van der Waals surface area contributed by atoms with Gasteiger partial charge in [-0.2, -0.15) is 0 Å². The Morgan fingerprint density at radius 2 is 2.00 bits per heavy atom. The molecule has 0 unspecified atom stereocenters. The van der Waals surface area contributed by atoms with Gasteiger partial charge in [-0.05, 0) is 6.92 Å². The summed E-state index contributed by atoms with van der Waals surface area (Å²) in [7, 11) is 0. The first-order chi connectivity index (χ1) is 7.13. The molecule has 0 bridgehead atoms. The summed E-state index contributed by atoms with van der Waals surface area (Å²) < 4.78 is 0. The number of hydrogen-bond acceptors (Lipinski definition) is 3. The van der Waals surface area contributed by atoms with Crippen LogP contribution in [0.3, 0.4) is 0 Å². The van der Waals surface area contributed by atoms with Crippen LogP contribution >= 0.6 is 12.2 Å². The summed E-state index contributed by atoms with van der Waals surface area (Å²) in [6, 6.07) is 0.0208. The fraction of sp³-hybridized carbons (Fsp3) is 0.778. The zero-order valence-electron chi connectivity index (χ0n) is 9.03. The molecule has 0 aromatic rings. The first-order valence-corrected chi connectivity index (χ1v) is 5.57. The Hall–Kier alpha value is -0.880. The molecular weight excluding hydrogens is 212 g/mol. The molecule has 5 nitrogen and oxygen atoms in total. The van der Waals surface area contributed by atoms with Gasteiger partial charge in [-0.3, -0.25) is 4.90 Å². The van der Waals surface area contributed by atoms with Crippen LogP contribution in [0.1, 0.15) is 6.92 Å². The number of carbonyl (C=O) groups is 1. The molecule has 0 spiro atoms. The van der Waals surface area contributed by atoms with E-state index in [4.69, 9.17) is 18.0 Å². The number of hydrogen-bond donors (Lipinski definition) is 2. The van der Waals surface area contributed by atoms with Gasteiger partial charge < -0.3 is 16.0 Å². The molecule has 1 fully saturated rings. The number of amides is 2. The lowest BCUT2D eigenvalue weighted by molar-refractivity contribution is 0.149. The lowest BCUT2D eigenvalue weighted by atomic mass is 10.3. The van der Waals surface area contributed by atoms with Gasteiger partial charge in [0.2, 0.25) is 0 Å². The van der Waals surface area contributed by atoms with Gasteiger partial charge in [0.25, 0.3) is 0 Å². The van der Waals surface area contributed by atoms with Crippen LogP contribution in [0.25, 0.3) is 0 Å². The molecule has 6 heteroatoms. The molecule has 15 heavy (non-hydrogen) atoms. The van der Waals surface area contributed by atoms with Crippen molar-refractivity contribution in [2.24, 2.45) is 5.73 Å². The average Bonchev–Trinajstić information content (AvgIpc) is 2.18. The van der Waals surface area contributed by atoms with Gasteiger partial charge in [-0.1, -0.05) is 12.2 Å². The fourth-order valence-electron chi connectivity index (χ4n) is 1.59. The minimum Gasteiger partial charge on any atom is -0.392 e. The van der Waals surface area contributed by atoms with E-state index >= 15 is 0 Å². The smallest absolute Gasteiger partial charge is 0.317 e. The molecule has 0 aliphatic carbocycles. The highest BCUT2D eigenvalue weighted by molar-refractivity contribution is 7.80. The Labute approximate surface area is 95.6 Å². The SMILES string of the molecule is CCNC(=O)N1CCN(CC(N)=S)CC1. The van der Waals surface area contributed by atoms with Crippen LogP contribution in [0.15, 0.2) is 0 Å². The monoisotopic (exact) mass is 230 g/mol. The minimum atomic E-state index is 0.0208. The molecule has 0 aromatic carbocycles. The van der Waals surface area contributed by atoms with Gasteiger partial charge in [0.1, 0.15) is 0 Å². The third-order valence-electron chi connectivity index (χ3n) is 2.37. The summed E-state index contributed by atoms with van der Waals surface area (Å²) in [4.78, 5) is 16.0. The molecule has 1 heterocycles. The maximum Gasteiger partial charge on any atom is 0.317 e. The predicted molar refractivity (Wildman–Crippen MR) is 63.9 cm³/mol. The number of rotatable bonds is 3. The van der Waals surface area contributed by atoms with Gasteiger partial charge in [0.05, 0.1) is 4.99 Å². The third-order valence-corrected chi connectivity index (χ3v) is 2.50. The first kappa shape index (κ1) is 12.2. The van der Waals surface area contributed by atoms with Crippen LogP contribution in [-0.4, -0.2) is 60.1 Å². The molecule has 0 atom stereocenters. The van der Waals surface area contributed by atoms with Crippen molar-refractivity contribution in [3.05, 3.63) is 0 Å². The second-order valence-corrected chi connectivity index (χ2v) is 4.09. The number of nitrogens with one attached hydrogen (secondary N) is 1. The maximum absolute atomic E-state index is 11.5. The number of nitrogens with zero attached hydrogens (tertiary/aromatic N) is 2. The highest BCUT2D eigenvalue weighted by Crippen LogP contribution is 2.01. The number of nitrogens with two attached hydrogens (primary N) is 1. The number of thiocarbonyl (C=S) groups is 1. The van der Waals surface area contributed by atoms with Crippen LogP contribution in [0, 0.1) is 0 Å². The van der Waals surface area contributed by atoms with Crippen molar-refractivity contribution >= 4 is 23.2 Å². The van der Waals surface area contributed by atoms with E-state index in [0.29, 0.717) is 18.1 Å². The van der Waals surface area contributed by atoms with Crippen molar-refractivity contribution in [2.75, 3.05) is 39.3 Å². The molecule has 1 rings (SSSR count). The molecule has 1 saturated heterocycles. The second kappa shape index (κ2) is 5.87. The van der Waals surface area contributed by atoms with E-state index in [-0.39, 0.29) is 6.03 Å². The topological polar surface area (TPSA) is 61.6 Å². The van der Waals surface area contributed by atoms with Crippen molar-refractivity contribution in [3.8, 4) is 0 Å². The number of urea groups is 1. The van der Waals surface area contributed by atoms with Crippen LogP contribution in [0.4, 0.5) is 4.79 Å². The summed E-state index contributed by atoms with van der Waals surface area (Å²) in [5.41, 5.74) is 5.46. The van der Waals surface area contributed by atoms with Gasteiger partial charge in [0, 0.05) is 39.3 Å². The second-order valence-electron chi connectivity index (χ2n) is 3.56. The molecule has 3 N–H and O–H groups in total. The molecular formula is C9H18N4OS. The van der Waals surface area contributed by atoms with E-state index in [2.05, 4.69) is 10.2 Å². The van der Waals surface area contributed by atoms with E-state index in [9.17, 15) is 4.79 Å².